The molecule has 0 aliphatic carbocycles. The molecule has 2 amide bonds. The lowest BCUT2D eigenvalue weighted by atomic mass is 9.95. The molecule has 0 bridgehead atoms. The Bertz CT molecular complexity index is 1700. The van der Waals surface area contributed by atoms with E-state index >= 15 is 0 Å². The second-order valence-electron chi connectivity index (χ2n) is 14.1. The maximum Gasteiger partial charge on any atom is 0.262 e. The summed E-state index contributed by atoms with van der Waals surface area (Å²) in [5.41, 5.74) is 1.90. The monoisotopic (exact) mass is 711 g/mol. The predicted octanol–water partition coefficient (Wildman–Crippen LogP) is 8.29. The minimum atomic E-state index is -2.28. The van der Waals surface area contributed by atoms with E-state index in [-0.39, 0.29) is 36.7 Å². The predicted molar refractivity (Wildman–Crippen MR) is 196 cm³/mol. The maximum atomic E-state index is 14.2. The first-order valence-corrected chi connectivity index (χ1v) is 20.8. The minimum Gasteiger partial charge on any atom is -0.368 e. The molecule has 2 heterocycles. The third kappa shape index (κ3) is 8.13. The zero-order chi connectivity index (χ0) is 35.3. The summed E-state index contributed by atoms with van der Waals surface area (Å²) in [4.78, 5) is 36.6. The van der Waals surface area contributed by atoms with Gasteiger partial charge in [-0.2, -0.15) is 0 Å². The number of rotatable bonds is 13. The molecule has 0 N–H and O–H groups in total. The topological polar surface area (TPSA) is 83.5 Å². The van der Waals surface area contributed by atoms with E-state index in [1.54, 1.807) is 24.3 Å². The first kappa shape index (κ1) is 36.2. The zero-order valence-corrected chi connectivity index (χ0v) is 31.0. The van der Waals surface area contributed by atoms with Crippen LogP contribution in [0.15, 0.2) is 120 Å². The molecule has 1 fully saturated rings. The van der Waals surface area contributed by atoms with Crippen LogP contribution in [0.25, 0.3) is 0 Å². The zero-order valence-electron chi connectivity index (χ0n) is 29.2. The summed E-state index contributed by atoms with van der Waals surface area (Å²) in [6.45, 7) is 11.2. The molecule has 2 aliphatic heterocycles. The van der Waals surface area contributed by atoms with Gasteiger partial charge in [-0.3, -0.25) is 19.1 Å². The Morgan fingerprint density at radius 1 is 0.700 bits per heavy atom. The van der Waals surface area contributed by atoms with Crippen LogP contribution >= 0.6 is 11.8 Å². The van der Waals surface area contributed by atoms with E-state index in [1.165, 1.54) is 16.7 Å². The second kappa shape index (κ2) is 15.7. The third-order valence-corrected chi connectivity index (χ3v) is 14.9. The van der Waals surface area contributed by atoms with Crippen LogP contribution in [0.3, 0.4) is 0 Å². The van der Waals surface area contributed by atoms with Gasteiger partial charge in [0.05, 0.1) is 24.3 Å². The van der Waals surface area contributed by atoms with Crippen molar-refractivity contribution in [3.8, 4) is 0 Å². The number of amides is 2. The van der Waals surface area contributed by atoms with E-state index in [9.17, 15) is 9.59 Å². The molecule has 0 spiro atoms. The molecule has 0 radical (unpaired) electrons. The summed E-state index contributed by atoms with van der Waals surface area (Å²) < 4.78 is 26.7. The number of nitrogens with zero attached hydrogens (tertiary/aromatic N) is 1. The standard InChI is InChI=1S/C40H45NO7SSi/c1-40(2,3)50(4,5)48-46-27-33-35(44-25-28-17-9-6-10-18-28)36(45-26-29-19-11-7-12-20-29)34(39(47-33)49-30-21-13-8-14-22-30)41-37(42)31-23-15-16-24-32(31)38(41)43/h6-24,33-36,39H,25-27H2,1-5H3/t33-,34-,35-,36-,39+/m1/s1. The minimum absolute atomic E-state index is 0.0534. The highest BCUT2D eigenvalue weighted by molar-refractivity contribution is 7.99. The van der Waals surface area contributed by atoms with Crippen molar-refractivity contribution in [1.82, 2.24) is 4.90 Å². The lowest BCUT2D eigenvalue weighted by Gasteiger charge is -2.48. The van der Waals surface area contributed by atoms with Gasteiger partial charge in [-0.15, -0.1) is 0 Å². The van der Waals surface area contributed by atoms with Crippen molar-refractivity contribution in [3.05, 3.63) is 138 Å². The molecule has 5 atom stereocenters. The number of imide groups is 1. The van der Waals surface area contributed by atoms with Gasteiger partial charge in [0.15, 0.2) is 0 Å². The Morgan fingerprint density at radius 2 is 1.18 bits per heavy atom. The summed E-state index contributed by atoms with van der Waals surface area (Å²) >= 11 is 1.44. The Labute approximate surface area is 300 Å². The van der Waals surface area contributed by atoms with Crippen LogP contribution < -0.4 is 0 Å². The number of benzene rings is 4. The molecule has 2 aliphatic rings. The largest absolute Gasteiger partial charge is 0.368 e. The first-order valence-electron chi connectivity index (χ1n) is 17.0. The van der Waals surface area contributed by atoms with Crippen molar-refractivity contribution < 1.29 is 33.3 Å². The number of fused-ring (bicyclic) bond motifs is 1. The summed E-state index contributed by atoms with van der Waals surface area (Å²) in [5, 5.41) is -0.0762. The SMILES string of the molecule is CC(C)(C)[Si](C)(C)OOC[C@H]1O[C@@H](Sc2ccccc2)[C@H](N2C(=O)c3ccccc3C2=O)[C@@H](OCc2ccccc2)[C@@H]1OCc1ccccc1. The molecule has 0 aromatic heterocycles. The van der Waals surface area contributed by atoms with Crippen LogP contribution in [-0.4, -0.2) is 61.4 Å². The number of hydrogen-bond acceptors (Lipinski definition) is 8. The molecule has 6 rings (SSSR count). The lowest BCUT2D eigenvalue weighted by Crippen LogP contribution is -2.65. The molecule has 4 aromatic carbocycles. The van der Waals surface area contributed by atoms with E-state index in [2.05, 4.69) is 33.9 Å². The molecule has 50 heavy (non-hydrogen) atoms. The normalized spacial score (nSPS) is 22.5. The molecule has 1 saturated heterocycles. The van der Waals surface area contributed by atoms with Gasteiger partial charge in [0.2, 0.25) is 8.32 Å². The van der Waals surface area contributed by atoms with Gasteiger partial charge in [0.1, 0.15) is 36.4 Å². The summed E-state index contributed by atoms with van der Waals surface area (Å²) in [6, 6.07) is 35.6. The molecule has 262 valence electrons. The Balaban J connectivity index is 1.41. The van der Waals surface area contributed by atoms with E-state index in [1.807, 2.05) is 91.0 Å². The highest BCUT2D eigenvalue weighted by atomic mass is 32.2. The van der Waals surface area contributed by atoms with Gasteiger partial charge in [0.25, 0.3) is 11.8 Å². The second-order valence-corrected chi connectivity index (χ2v) is 20.0. The quantitative estimate of drug-likeness (QED) is 0.0593. The average molecular weight is 712 g/mol. The molecule has 0 saturated carbocycles. The lowest BCUT2D eigenvalue weighted by molar-refractivity contribution is -0.279. The van der Waals surface area contributed by atoms with Crippen LogP contribution in [0.4, 0.5) is 0 Å². The van der Waals surface area contributed by atoms with Crippen molar-refractivity contribution >= 4 is 31.9 Å². The molecule has 8 nitrogen and oxygen atoms in total. The van der Waals surface area contributed by atoms with E-state index in [0.717, 1.165) is 16.0 Å². The van der Waals surface area contributed by atoms with E-state index in [0.29, 0.717) is 11.1 Å². The molecular weight excluding hydrogens is 667 g/mol. The van der Waals surface area contributed by atoms with Crippen molar-refractivity contribution in [2.45, 2.75) is 86.8 Å². The fourth-order valence-corrected chi connectivity index (χ4v) is 7.61. The van der Waals surface area contributed by atoms with Crippen LogP contribution in [0, 0.1) is 0 Å². The number of carbonyl (C=O) groups excluding carboxylic acids is 2. The van der Waals surface area contributed by atoms with Crippen molar-refractivity contribution in [2.75, 3.05) is 6.61 Å². The smallest absolute Gasteiger partial charge is 0.262 e. The van der Waals surface area contributed by atoms with Gasteiger partial charge in [-0.25, -0.2) is 4.89 Å². The third-order valence-electron chi connectivity index (χ3n) is 9.61. The van der Waals surface area contributed by atoms with Crippen LogP contribution in [0.5, 0.6) is 0 Å². The van der Waals surface area contributed by atoms with Crippen molar-refractivity contribution in [2.24, 2.45) is 0 Å². The van der Waals surface area contributed by atoms with E-state index < -0.39 is 38.1 Å². The fourth-order valence-electron chi connectivity index (χ4n) is 5.81. The number of hydrogen-bond donors (Lipinski definition) is 0. The summed E-state index contributed by atoms with van der Waals surface area (Å²) in [6.07, 6.45) is -2.21. The maximum absolute atomic E-state index is 14.2. The van der Waals surface area contributed by atoms with E-state index in [4.69, 9.17) is 23.7 Å². The van der Waals surface area contributed by atoms with Crippen LogP contribution in [0.2, 0.25) is 18.1 Å². The molecule has 10 heteroatoms. The highest BCUT2D eigenvalue weighted by Gasteiger charge is 2.55. The summed E-state index contributed by atoms with van der Waals surface area (Å²) in [7, 11) is -2.28. The molecule has 4 aromatic rings. The van der Waals surface area contributed by atoms with Crippen molar-refractivity contribution in [3.63, 3.8) is 0 Å². The summed E-state index contributed by atoms with van der Waals surface area (Å²) in [5.74, 6) is -0.770. The number of ether oxygens (including phenoxy) is 3. The average Bonchev–Trinajstić information content (AvgIpc) is 3.36. The fraction of sp³-hybridized carbons (Fsp3) is 0.350. The number of thioether (sulfide) groups is 1. The highest BCUT2D eigenvalue weighted by Crippen LogP contribution is 2.42. The van der Waals surface area contributed by atoms with Gasteiger partial charge < -0.3 is 14.2 Å². The van der Waals surface area contributed by atoms with Gasteiger partial charge in [-0.1, -0.05) is 124 Å². The van der Waals surface area contributed by atoms with Crippen molar-refractivity contribution in [1.29, 1.82) is 0 Å². The van der Waals surface area contributed by atoms with Crippen LogP contribution in [0.1, 0.15) is 52.6 Å². The van der Waals surface area contributed by atoms with Gasteiger partial charge >= 0.3 is 0 Å². The molecule has 0 unspecified atom stereocenters. The first-order chi connectivity index (χ1) is 24.0. The molecular formula is C40H45NO7SSi. The van der Waals surface area contributed by atoms with Gasteiger partial charge in [-0.05, 0) is 53.5 Å². The van der Waals surface area contributed by atoms with Gasteiger partial charge in [0, 0.05) is 4.90 Å². The Kier molecular flexibility index (Phi) is 11.4. The van der Waals surface area contributed by atoms with Crippen LogP contribution in [-0.2, 0) is 36.9 Å². The Morgan fingerprint density at radius 3 is 1.70 bits per heavy atom. The Hall–Kier alpha value is -3.61. The number of carbonyl (C=O) groups is 2.